The van der Waals surface area contributed by atoms with Crippen LogP contribution in [0.3, 0.4) is 0 Å². The lowest BCUT2D eigenvalue weighted by molar-refractivity contribution is 0.0277. The first-order chi connectivity index (χ1) is 7.36. The molecule has 15 heavy (non-hydrogen) atoms. The van der Waals surface area contributed by atoms with E-state index in [0.717, 1.165) is 10.9 Å². The van der Waals surface area contributed by atoms with E-state index in [9.17, 15) is 0 Å². The Morgan fingerprint density at radius 2 is 1.53 bits per heavy atom. The third-order valence-corrected chi connectivity index (χ3v) is 2.38. The molecule has 0 aliphatic carbocycles. The monoisotopic (exact) mass is 201 g/mol. The smallest absolute Gasteiger partial charge is 0.256 e. The first-order valence-electron chi connectivity index (χ1n) is 4.80. The molecule has 1 radical (unpaired) electrons. The highest BCUT2D eigenvalue weighted by Gasteiger charge is 2.13. The molecule has 2 nitrogen and oxygen atoms in total. The number of hydrogen-bond acceptors (Lipinski definition) is 2. The molecule has 0 atom stereocenters. The van der Waals surface area contributed by atoms with Crippen LogP contribution in [0.4, 0.5) is 0 Å². The van der Waals surface area contributed by atoms with Crippen LogP contribution in [-0.4, -0.2) is 14.2 Å². The average Bonchev–Trinajstić information content (AvgIpc) is 2.31. The zero-order chi connectivity index (χ0) is 10.7. The lowest BCUT2D eigenvalue weighted by atomic mass is 10.0. The van der Waals surface area contributed by atoms with Gasteiger partial charge in [0.05, 0.1) is 0 Å². The van der Waals surface area contributed by atoms with E-state index >= 15 is 0 Å². The summed E-state index contributed by atoms with van der Waals surface area (Å²) in [5.74, 6) is 0. The maximum atomic E-state index is 5.19. The van der Waals surface area contributed by atoms with Crippen molar-refractivity contribution in [2.24, 2.45) is 0 Å². The van der Waals surface area contributed by atoms with Crippen molar-refractivity contribution in [3.05, 3.63) is 54.3 Å². The number of rotatable bonds is 3. The van der Waals surface area contributed by atoms with Crippen LogP contribution in [0.15, 0.2) is 42.5 Å². The molecule has 0 heterocycles. The van der Waals surface area contributed by atoms with E-state index in [2.05, 4.69) is 18.2 Å². The van der Waals surface area contributed by atoms with Gasteiger partial charge in [0.25, 0.3) is 6.29 Å². The molecule has 2 rings (SSSR count). The Morgan fingerprint density at radius 1 is 0.867 bits per heavy atom. The maximum Gasteiger partial charge on any atom is 0.256 e. The Kier molecular flexibility index (Phi) is 2.99. The van der Waals surface area contributed by atoms with Crippen LogP contribution in [0.1, 0.15) is 5.56 Å². The fraction of sp³-hybridized carbons (Fsp3) is 0.154. The third kappa shape index (κ3) is 1.87. The normalized spacial score (nSPS) is 11.1. The summed E-state index contributed by atoms with van der Waals surface area (Å²) in [5.41, 5.74) is 0.984. The quantitative estimate of drug-likeness (QED) is 0.760. The van der Waals surface area contributed by atoms with Gasteiger partial charge in [-0.15, -0.1) is 0 Å². The lowest BCUT2D eigenvalue weighted by Gasteiger charge is -2.13. The molecule has 2 aromatic rings. The van der Waals surface area contributed by atoms with Gasteiger partial charge >= 0.3 is 0 Å². The number of hydrogen-bond donors (Lipinski definition) is 0. The van der Waals surface area contributed by atoms with Crippen molar-refractivity contribution in [1.82, 2.24) is 0 Å². The largest absolute Gasteiger partial charge is 0.345 e. The van der Waals surface area contributed by atoms with E-state index < -0.39 is 0 Å². The zero-order valence-electron chi connectivity index (χ0n) is 8.86. The molecule has 0 saturated carbocycles. The van der Waals surface area contributed by atoms with Gasteiger partial charge in [0.1, 0.15) is 0 Å². The minimum Gasteiger partial charge on any atom is -0.345 e. The SMILES string of the molecule is CO[C](OC)c1cccc2ccccc12. The van der Waals surface area contributed by atoms with Crippen molar-refractivity contribution in [2.75, 3.05) is 14.2 Å². The van der Waals surface area contributed by atoms with Crippen LogP contribution in [0.2, 0.25) is 0 Å². The number of methoxy groups -OCH3 is 2. The minimum atomic E-state index is 0.548. The Bertz CT molecular complexity index is 442. The van der Waals surface area contributed by atoms with Crippen LogP contribution in [0, 0.1) is 6.29 Å². The Labute approximate surface area is 89.4 Å². The number of fused-ring (bicyclic) bond motifs is 1. The highest BCUT2D eigenvalue weighted by molar-refractivity contribution is 5.86. The zero-order valence-corrected chi connectivity index (χ0v) is 8.86. The summed E-state index contributed by atoms with van der Waals surface area (Å²) < 4.78 is 10.4. The highest BCUT2D eigenvalue weighted by atomic mass is 16.7. The highest BCUT2D eigenvalue weighted by Crippen LogP contribution is 2.25. The molecule has 0 unspecified atom stereocenters. The van der Waals surface area contributed by atoms with Gasteiger partial charge in [-0.1, -0.05) is 42.5 Å². The molecule has 0 aromatic heterocycles. The molecule has 77 valence electrons. The van der Waals surface area contributed by atoms with Crippen LogP contribution in [0.25, 0.3) is 10.8 Å². The van der Waals surface area contributed by atoms with Gasteiger partial charge in [-0.05, 0) is 10.8 Å². The molecular formula is C13H13O2. The summed E-state index contributed by atoms with van der Waals surface area (Å²) in [7, 11) is 3.22. The molecule has 0 aliphatic rings. The first-order valence-corrected chi connectivity index (χ1v) is 4.80. The molecule has 0 N–H and O–H groups in total. The summed E-state index contributed by atoms with van der Waals surface area (Å²) in [5, 5.41) is 2.32. The second kappa shape index (κ2) is 4.43. The van der Waals surface area contributed by atoms with Crippen molar-refractivity contribution in [3.63, 3.8) is 0 Å². The lowest BCUT2D eigenvalue weighted by Crippen LogP contribution is -2.05. The number of benzene rings is 2. The third-order valence-electron chi connectivity index (χ3n) is 2.38. The van der Waals surface area contributed by atoms with Crippen LogP contribution < -0.4 is 0 Å². The van der Waals surface area contributed by atoms with Crippen molar-refractivity contribution in [1.29, 1.82) is 0 Å². The Balaban J connectivity index is 2.59. The van der Waals surface area contributed by atoms with Crippen molar-refractivity contribution >= 4 is 10.8 Å². The molecule has 0 amide bonds. The van der Waals surface area contributed by atoms with Gasteiger partial charge in [0, 0.05) is 19.8 Å². The van der Waals surface area contributed by atoms with E-state index in [-0.39, 0.29) is 0 Å². The molecule has 2 heteroatoms. The molecule has 0 spiro atoms. The average molecular weight is 201 g/mol. The Hall–Kier alpha value is -1.38. The van der Waals surface area contributed by atoms with Gasteiger partial charge in [-0.2, -0.15) is 0 Å². The van der Waals surface area contributed by atoms with E-state index in [4.69, 9.17) is 9.47 Å². The minimum absolute atomic E-state index is 0.548. The van der Waals surface area contributed by atoms with Gasteiger partial charge in [0.15, 0.2) is 0 Å². The number of ether oxygens (including phenoxy) is 2. The summed E-state index contributed by atoms with van der Waals surface area (Å²) in [6.45, 7) is 0. The fourth-order valence-corrected chi connectivity index (χ4v) is 1.71. The van der Waals surface area contributed by atoms with E-state index in [0.29, 0.717) is 6.29 Å². The standard InChI is InChI=1S/C13H13O2/c1-14-13(15-2)12-9-5-7-10-6-3-4-8-11(10)12/h3-9H,1-2H3. The summed E-state index contributed by atoms with van der Waals surface area (Å²) in [6.07, 6.45) is 0.548. The van der Waals surface area contributed by atoms with Crippen molar-refractivity contribution in [3.8, 4) is 0 Å². The maximum absolute atomic E-state index is 5.19. The van der Waals surface area contributed by atoms with Crippen molar-refractivity contribution < 1.29 is 9.47 Å². The Morgan fingerprint density at radius 3 is 2.27 bits per heavy atom. The van der Waals surface area contributed by atoms with Gasteiger partial charge in [-0.25, -0.2) is 0 Å². The molecule has 0 saturated heterocycles. The van der Waals surface area contributed by atoms with Crippen molar-refractivity contribution in [2.45, 2.75) is 0 Å². The van der Waals surface area contributed by atoms with Gasteiger partial charge in [0.2, 0.25) is 0 Å². The second-order valence-corrected chi connectivity index (χ2v) is 3.22. The van der Waals surface area contributed by atoms with E-state index in [1.807, 2.05) is 24.3 Å². The topological polar surface area (TPSA) is 18.5 Å². The molecular weight excluding hydrogens is 188 g/mol. The van der Waals surface area contributed by atoms with E-state index in [1.165, 1.54) is 5.39 Å². The first kappa shape index (κ1) is 10.1. The molecule has 2 aromatic carbocycles. The molecule has 0 fully saturated rings. The summed E-state index contributed by atoms with van der Waals surface area (Å²) in [6, 6.07) is 14.2. The summed E-state index contributed by atoms with van der Waals surface area (Å²) >= 11 is 0. The predicted octanol–water partition coefficient (Wildman–Crippen LogP) is 2.97. The van der Waals surface area contributed by atoms with Crippen LogP contribution in [-0.2, 0) is 9.47 Å². The van der Waals surface area contributed by atoms with Gasteiger partial charge in [-0.3, -0.25) is 0 Å². The predicted molar refractivity (Wildman–Crippen MR) is 60.3 cm³/mol. The second-order valence-electron chi connectivity index (χ2n) is 3.22. The molecule has 0 bridgehead atoms. The fourth-order valence-electron chi connectivity index (χ4n) is 1.71. The van der Waals surface area contributed by atoms with Crippen LogP contribution >= 0.6 is 0 Å². The van der Waals surface area contributed by atoms with E-state index in [1.54, 1.807) is 14.2 Å². The van der Waals surface area contributed by atoms with Gasteiger partial charge < -0.3 is 9.47 Å². The molecule has 0 aliphatic heterocycles. The van der Waals surface area contributed by atoms with Crippen LogP contribution in [0.5, 0.6) is 0 Å². The summed E-state index contributed by atoms with van der Waals surface area (Å²) in [4.78, 5) is 0.